The summed E-state index contributed by atoms with van der Waals surface area (Å²) in [6, 6.07) is 22.8. The Morgan fingerprint density at radius 3 is 0.872 bits per heavy atom. The van der Waals surface area contributed by atoms with Crippen LogP contribution in [-0.4, -0.2) is 39.6 Å². The van der Waals surface area contributed by atoms with Crippen molar-refractivity contribution in [3.8, 4) is 17.2 Å². The predicted octanol–water partition coefficient (Wildman–Crippen LogP) is 8.50. The van der Waals surface area contributed by atoms with Crippen LogP contribution in [0.5, 0.6) is 17.2 Å². The molecule has 0 aliphatic heterocycles. The number of hydrogen-bond acceptors (Lipinski definition) is 6. The fraction of sp³-hybridized carbons (Fsp3) is 0.357. The van der Waals surface area contributed by atoms with Crippen LogP contribution in [0.2, 0.25) is 58.9 Å². The van der Waals surface area contributed by atoms with E-state index in [1.165, 1.54) is 0 Å². The summed E-state index contributed by atoms with van der Waals surface area (Å²) >= 11 is 0. The van der Waals surface area contributed by atoms with Crippen LogP contribution < -0.4 is 13.3 Å². The van der Waals surface area contributed by atoms with E-state index in [0.29, 0.717) is 0 Å². The zero-order chi connectivity index (χ0) is 29.3. The molecule has 214 valence electrons. The van der Waals surface area contributed by atoms with Crippen LogP contribution in [0.25, 0.3) is 0 Å². The molecular weight excluding hydrogens is 581 g/mol. The van der Waals surface area contributed by atoms with Gasteiger partial charge in [-0.25, -0.2) is 3.63 Å². The Labute approximate surface area is 239 Å². The molecule has 0 bridgehead atoms. The molecule has 0 radical (unpaired) electrons. The van der Waals surface area contributed by atoms with Crippen molar-refractivity contribution >= 4 is 45.4 Å². The molecule has 0 aliphatic rings. The van der Waals surface area contributed by atoms with Gasteiger partial charge in [0.1, 0.15) is 17.2 Å². The molecule has 0 saturated carbocycles. The van der Waals surface area contributed by atoms with Crippen LogP contribution in [0, 0.1) is 0 Å². The van der Waals surface area contributed by atoms with Gasteiger partial charge >= 0.3 is 0 Å². The quantitative estimate of drug-likeness (QED) is 0.200. The standard InChI is InChI=1S/C28H42O6S2Si3/c1-35(29,30)34-36(26-17-11-23(12-18-26)31-37(2,3)4,27-19-13-24(14-20-27)32-38(5,6)7)28-21-15-25(16-22-28)33-39(8,9)10/h11-22H,1-10H3. The third-order valence-electron chi connectivity index (χ3n) is 4.96. The Bertz CT molecular complexity index is 1210. The van der Waals surface area contributed by atoms with Crippen molar-refractivity contribution in [2.24, 2.45) is 0 Å². The highest BCUT2D eigenvalue weighted by atomic mass is 32.3. The minimum absolute atomic E-state index is 0.744. The van der Waals surface area contributed by atoms with Crippen LogP contribution >= 0.6 is 10.3 Å². The van der Waals surface area contributed by atoms with Gasteiger partial charge in [-0.2, -0.15) is 8.42 Å². The molecule has 39 heavy (non-hydrogen) atoms. The molecule has 0 atom stereocenters. The minimum Gasteiger partial charge on any atom is -0.544 e. The largest absolute Gasteiger partial charge is 0.544 e. The van der Waals surface area contributed by atoms with Crippen molar-refractivity contribution in [2.45, 2.75) is 73.6 Å². The van der Waals surface area contributed by atoms with Gasteiger partial charge in [0.25, 0.3) is 10.1 Å². The molecule has 3 rings (SSSR count). The van der Waals surface area contributed by atoms with E-state index >= 15 is 0 Å². The van der Waals surface area contributed by atoms with Crippen molar-refractivity contribution in [2.75, 3.05) is 6.26 Å². The molecule has 0 N–H and O–H groups in total. The molecular formula is C28H42O6S2Si3. The van der Waals surface area contributed by atoms with Crippen molar-refractivity contribution in [1.82, 2.24) is 0 Å². The summed E-state index contributed by atoms with van der Waals surface area (Å²) in [7, 11) is -12.0. The van der Waals surface area contributed by atoms with E-state index in [9.17, 15) is 8.42 Å². The lowest BCUT2D eigenvalue weighted by atomic mass is 10.3. The number of benzene rings is 3. The molecule has 0 aliphatic carbocycles. The van der Waals surface area contributed by atoms with Gasteiger partial charge in [-0.3, -0.25) is 0 Å². The lowest BCUT2D eigenvalue weighted by Crippen LogP contribution is -2.29. The second kappa shape index (κ2) is 11.5. The Kier molecular flexibility index (Phi) is 9.25. The predicted molar refractivity (Wildman–Crippen MR) is 170 cm³/mol. The van der Waals surface area contributed by atoms with Crippen molar-refractivity contribution in [1.29, 1.82) is 0 Å². The molecule has 0 heterocycles. The van der Waals surface area contributed by atoms with E-state index < -0.39 is 45.4 Å². The average molecular weight is 623 g/mol. The van der Waals surface area contributed by atoms with Crippen molar-refractivity contribution in [3.05, 3.63) is 72.8 Å². The summed E-state index contributed by atoms with van der Waals surface area (Å²) in [5, 5.41) is 0. The second-order valence-electron chi connectivity index (χ2n) is 12.4. The fourth-order valence-electron chi connectivity index (χ4n) is 3.87. The van der Waals surface area contributed by atoms with Crippen LogP contribution in [0.4, 0.5) is 0 Å². The van der Waals surface area contributed by atoms with Gasteiger partial charge in [0, 0.05) is 14.7 Å². The lowest BCUT2D eigenvalue weighted by Gasteiger charge is -2.39. The number of hydrogen-bond donors (Lipinski definition) is 0. The molecule has 0 fully saturated rings. The molecule has 0 unspecified atom stereocenters. The Morgan fingerprint density at radius 1 is 0.462 bits per heavy atom. The molecule has 3 aromatic rings. The van der Waals surface area contributed by atoms with Crippen LogP contribution in [0.3, 0.4) is 0 Å². The zero-order valence-electron chi connectivity index (χ0n) is 24.7. The topological polar surface area (TPSA) is 71.1 Å². The Morgan fingerprint density at radius 2 is 0.692 bits per heavy atom. The number of rotatable bonds is 11. The van der Waals surface area contributed by atoms with Crippen molar-refractivity contribution < 1.29 is 25.3 Å². The van der Waals surface area contributed by atoms with E-state index in [4.69, 9.17) is 16.9 Å². The fourth-order valence-corrected chi connectivity index (χ4v) is 11.2. The molecule has 0 amide bonds. The van der Waals surface area contributed by atoms with Crippen molar-refractivity contribution in [3.63, 3.8) is 0 Å². The molecule has 11 heteroatoms. The molecule has 0 spiro atoms. The van der Waals surface area contributed by atoms with Crippen LogP contribution in [0.15, 0.2) is 87.5 Å². The van der Waals surface area contributed by atoms with Gasteiger partial charge < -0.3 is 13.3 Å². The second-order valence-corrected chi connectivity index (χ2v) is 30.2. The first-order valence-corrected chi connectivity index (χ1v) is 26.5. The maximum atomic E-state index is 12.9. The van der Waals surface area contributed by atoms with Gasteiger partial charge in [-0.1, -0.05) is 0 Å². The average Bonchev–Trinajstić information content (AvgIpc) is 2.75. The maximum Gasteiger partial charge on any atom is 0.274 e. The summed E-state index contributed by atoms with van der Waals surface area (Å²) in [5.41, 5.74) is 0. The lowest BCUT2D eigenvalue weighted by molar-refractivity contribution is 0.515. The highest BCUT2D eigenvalue weighted by molar-refractivity contribution is 8.33. The summed E-state index contributed by atoms with van der Waals surface area (Å²) in [6.07, 6.45) is 1.10. The Balaban J connectivity index is 2.24. The van der Waals surface area contributed by atoms with Gasteiger partial charge in [0.05, 0.1) is 6.26 Å². The smallest absolute Gasteiger partial charge is 0.274 e. The van der Waals surface area contributed by atoms with Gasteiger partial charge in [-0.05, 0) is 142 Å². The highest BCUT2D eigenvalue weighted by Crippen LogP contribution is 2.70. The van der Waals surface area contributed by atoms with E-state index in [-0.39, 0.29) is 0 Å². The van der Waals surface area contributed by atoms with Gasteiger partial charge in [-0.15, -0.1) is 0 Å². The van der Waals surface area contributed by atoms with Gasteiger partial charge in [0.2, 0.25) is 25.0 Å². The normalized spacial score (nSPS) is 13.6. The highest BCUT2D eigenvalue weighted by Gasteiger charge is 2.37. The van der Waals surface area contributed by atoms with E-state index in [1.807, 2.05) is 72.8 Å². The summed E-state index contributed by atoms with van der Waals surface area (Å²) < 4.78 is 50.4. The minimum atomic E-state index is -3.88. The molecule has 3 aromatic carbocycles. The monoisotopic (exact) mass is 622 g/mol. The third kappa shape index (κ3) is 9.26. The zero-order valence-corrected chi connectivity index (χ0v) is 29.3. The molecule has 0 saturated heterocycles. The van der Waals surface area contributed by atoms with E-state index in [0.717, 1.165) is 38.2 Å². The van der Waals surface area contributed by atoms with E-state index in [2.05, 4.69) is 58.9 Å². The first-order chi connectivity index (χ1) is 17.8. The molecule has 6 nitrogen and oxygen atoms in total. The van der Waals surface area contributed by atoms with Gasteiger partial charge in [0.15, 0.2) is 0 Å². The first kappa shape index (κ1) is 31.5. The first-order valence-electron chi connectivity index (χ1n) is 12.9. The van der Waals surface area contributed by atoms with Crippen LogP contribution in [0.1, 0.15) is 0 Å². The third-order valence-corrected chi connectivity index (χ3v) is 12.1. The summed E-state index contributed by atoms with van der Waals surface area (Å²) in [5.74, 6) is 2.26. The Hall–Kier alpha value is -2.03. The summed E-state index contributed by atoms with van der Waals surface area (Å²) in [6.45, 7) is 19.1. The maximum absolute atomic E-state index is 12.9. The van der Waals surface area contributed by atoms with E-state index in [1.54, 1.807) is 0 Å². The summed E-state index contributed by atoms with van der Waals surface area (Å²) in [4.78, 5) is 2.23. The molecule has 0 aromatic heterocycles. The van der Waals surface area contributed by atoms with Crippen LogP contribution in [-0.2, 0) is 13.7 Å². The SMILES string of the molecule is C[Si](C)(C)Oc1ccc(S(OS(C)(=O)=O)(c2ccc(O[Si](C)(C)C)cc2)c2ccc(O[Si](C)(C)C)cc2)cc1.